The smallest absolute Gasteiger partial charge is 0.254 e. The van der Waals surface area contributed by atoms with Crippen molar-refractivity contribution in [2.45, 2.75) is 20.3 Å². The molecular formula is C15H22N2O2. The van der Waals surface area contributed by atoms with Gasteiger partial charge in [0, 0.05) is 30.9 Å². The molecule has 2 rings (SSSR count). The highest BCUT2D eigenvalue weighted by Gasteiger charge is 2.18. The zero-order valence-corrected chi connectivity index (χ0v) is 11.7. The van der Waals surface area contributed by atoms with Crippen LogP contribution in [0.4, 0.5) is 5.69 Å². The maximum absolute atomic E-state index is 12.3. The van der Waals surface area contributed by atoms with Crippen molar-refractivity contribution in [1.29, 1.82) is 0 Å². The summed E-state index contributed by atoms with van der Waals surface area (Å²) in [6.07, 6.45) is 1.09. The summed E-state index contributed by atoms with van der Waals surface area (Å²) < 4.78 is 5.27. The molecule has 1 aliphatic heterocycles. The summed E-state index contributed by atoms with van der Waals surface area (Å²) in [5.74, 6) is 0.105. The van der Waals surface area contributed by atoms with E-state index in [1.807, 2.05) is 30.0 Å². The summed E-state index contributed by atoms with van der Waals surface area (Å²) >= 11 is 0. The second-order valence-electron chi connectivity index (χ2n) is 4.86. The van der Waals surface area contributed by atoms with Gasteiger partial charge in [-0.3, -0.25) is 4.79 Å². The lowest BCUT2D eigenvalue weighted by molar-refractivity contribution is 0.0303. The minimum absolute atomic E-state index is 0.105. The van der Waals surface area contributed by atoms with Gasteiger partial charge in [0.1, 0.15) is 0 Å². The van der Waals surface area contributed by atoms with Crippen LogP contribution in [-0.4, -0.2) is 43.7 Å². The number of nitrogens with zero attached hydrogens (tertiary/aromatic N) is 1. The molecule has 4 heteroatoms. The zero-order valence-electron chi connectivity index (χ0n) is 11.7. The van der Waals surface area contributed by atoms with E-state index in [-0.39, 0.29) is 5.91 Å². The fraction of sp³-hybridized carbons (Fsp3) is 0.533. The Labute approximate surface area is 114 Å². The summed E-state index contributed by atoms with van der Waals surface area (Å²) in [7, 11) is 0. The number of nitrogens with one attached hydrogen (secondary N) is 1. The van der Waals surface area contributed by atoms with Crippen molar-refractivity contribution in [1.82, 2.24) is 4.90 Å². The van der Waals surface area contributed by atoms with E-state index < -0.39 is 0 Å². The Hall–Kier alpha value is -1.55. The summed E-state index contributed by atoms with van der Waals surface area (Å²) in [6.45, 7) is 7.79. The van der Waals surface area contributed by atoms with Crippen LogP contribution in [0.1, 0.15) is 29.3 Å². The number of carbonyl (C=O) groups is 1. The molecule has 0 aromatic heterocycles. The van der Waals surface area contributed by atoms with E-state index in [1.54, 1.807) is 0 Å². The molecule has 0 atom stereocenters. The topological polar surface area (TPSA) is 41.6 Å². The maximum atomic E-state index is 12.3. The third-order valence-electron chi connectivity index (χ3n) is 3.34. The SMILES string of the molecule is CCCNc1ccc(C(=O)N2CCOCC2)cc1C. The number of morpholine rings is 1. The van der Waals surface area contributed by atoms with Gasteiger partial charge < -0.3 is 15.0 Å². The van der Waals surface area contributed by atoms with Crippen LogP contribution in [0.15, 0.2) is 18.2 Å². The second-order valence-corrected chi connectivity index (χ2v) is 4.86. The first-order chi connectivity index (χ1) is 9.22. The highest BCUT2D eigenvalue weighted by atomic mass is 16.5. The average molecular weight is 262 g/mol. The van der Waals surface area contributed by atoms with E-state index in [0.29, 0.717) is 26.3 Å². The predicted molar refractivity (Wildman–Crippen MR) is 76.7 cm³/mol. The molecule has 0 aliphatic carbocycles. The Bertz CT molecular complexity index is 440. The molecule has 1 amide bonds. The van der Waals surface area contributed by atoms with E-state index in [9.17, 15) is 4.79 Å². The predicted octanol–water partition coefficient (Wildman–Crippen LogP) is 2.29. The fourth-order valence-corrected chi connectivity index (χ4v) is 2.20. The molecule has 104 valence electrons. The molecule has 1 saturated heterocycles. The summed E-state index contributed by atoms with van der Waals surface area (Å²) in [6, 6.07) is 5.87. The minimum atomic E-state index is 0.105. The van der Waals surface area contributed by atoms with Crippen molar-refractivity contribution < 1.29 is 9.53 Å². The molecule has 19 heavy (non-hydrogen) atoms. The van der Waals surface area contributed by atoms with E-state index in [4.69, 9.17) is 4.74 Å². The first-order valence-corrected chi connectivity index (χ1v) is 6.94. The first-order valence-electron chi connectivity index (χ1n) is 6.94. The van der Waals surface area contributed by atoms with Gasteiger partial charge >= 0.3 is 0 Å². The van der Waals surface area contributed by atoms with Crippen LogP contribution in [0.5, 0.6) is 0 Å². The highest BCUT2D eigenvalue weighted by molar-refractivity contribution is 5.95. The van der Waals surface area contributed by atoms with Gasteiger partial charge in [-0.2, -0.15) is 0 Å². The molecular weight excluding hydrogens is 240 g/mol. The third-order valence-corrected chi connectivity index (χ3v) is 3.34. The Kier molecular flexibility index (Phi) is 4.80. The van der Waals surface area contributed by atoms with E-state index in [2.05, 4.69) is 12.2 Å². The largest absolute Gasteiger partial charge is 0.385 e. The van der Waals surface area contributed by atoms with Gasteiger partial charge in [0.25, 0.3) is 5.91 Å². The Morgan fingerprint density at radius 3 is 2.74 bits per heavy atom. The van der Waals surface area contributed by atoms with Crippen LogP contribution in [-0.2, 0) is 4.74 Å². The van der Waals surface area contributed by atoms with Crippen molar-refractivity contribution in [2.24, 2.45) is 0 Å². The van der Waals surface area contributed by atoms with Crippen LogP contribution in [0.3, 0.4) is 0 Å². The van der Waals surface area contributed by atoms with Gasteiger partial charge in [-0.25, -0.2) is 0 Å². The monoisotopic (exact) mass is 262 g/mol. The molecule has 1 aliphatic rings. The van der Waals surface area contributed by atoms with E-state index in [0.717, 1.165) is 29.8 Å². The number of aryl methyl sites for hydroxylation is 1. The van der Waals surface area contributed by atoms with Gasteiger partial charge in [0.05, 0.1) is 13.2 Å². The van der Waals surface area contributed by atoms with Crippen molar-refractivity contribution in [3.8, 4) is 0 Å². The van der Waals surface area contributed by atoms with Crippen LogP contribution in [0.25, 0.3) is 0 Å². The zero-order chi connectivity index (χ0) is 13.7. The maximum Gasteiger partial charge on any atom is 0.254 e. The molecule has 1 N–H and O–H groups in total. The molecule has 1 aromatic carbocycles. The lowest BCUT2D eigenvalue weighted by Crippen LogP contribution is -2.40. The quantitative estimate of drug-likeness (QED) is 0.905. The summed E-state index contributed by atoms with van der Waals surface area (Å²) in [4.78, 5) is 14.2. The number of anilines is 1. The van der Waals surface area contributed by atoms with Crippen LogP contribution >= 0.6 is 0 Å². The third kappa shape index (κ3) is 3.47. The molecule has 0 unspecified atom stereocenters. The van der Waals surface area contributed by atoms with Crippen molar-refractivity contribution in [3.63, 3.8) is 0 Å². The Morgan fingerprint density at radius 2 is 2.11 bits per heavy atom. The molecule has 1 fully saturated rings. The number of rotatable bonds is 4. The van der Waals surface area contributed by atoms with Crippen LogP contribution in [0.2, 0.25) is 0 Å². The lowest BCUT2D eigenvalue weighted by Gasteiger charge is -2.27. The first kappa shape index (κ1) is 13.9. The van der Waals surface area contributed by atoms with Gasteiger partial charge in [-0.1, -0.05) is 6.92 Å². The van der Waals surface area contributed by atoms with Gasteiger partial charge in [-0.15, -0.1) is 0 Å². The van der Waals surface area contributed by atoms with Crippen molar-refractivity contribution in [2.75, 3.05) is 38.2 Å². The molecule has 0 radical (unpaired) electrons. The normalized spacial score (nSPS) is 15.4. The van der Waals surface area contributed by atoms with Crippen LogP contribution in [0, 0.1) is 6.92 Å². The number of hydrogen-bond acceptors (Lipinski definition) is 3. The molecule has 4 nitrogen and oxygen atoms in total. The van der Waals surface area contributed by atoms with Gasteiger partial charge in [0.15, 0.2) is 0 Å². The lowest BCUT2D eigenvalue weighted by atomic mass is 10.1. The Balaban J connectivity index is 2.07. The number of ether oxygens (including phenoxy) is 1. The van der Waals surface area contributed by atoms with Crippen molar-refractivity contribution in [3.05, 3.63) is 29.3 Å². The standard InChI is InChI=1S/C15H22N2O2/c1-3-6-16-14-5-4-13(11-12(14)2)15(18)17-7-9-19-10-8-17/h4-5,11,16H,3,6-10H2,1-2H3. The number of hydrogen-bond donors (Lipinski definition) is 1. The van der Waals surface area contributed by atoms with Crippen molar-refractivity contribution >= 4 is 11.6 Å². The molecule has 1 aromatic rings. The Morgan fingerprint density at radius 1 is 1.37 bits per heavy atom. The van der Waals surface area contributed by atoms with Gasteiger partial charge in [0.2, 0.25) is 0 Å². The molecule has 0 spiro atoms. The number of benzene rings is 1. The molecule has 0 saturated carbocycles. The molecule has 1 heterocycles. The second kappa shape index (κ2) is 6.57. The number of amides is 1. The van der Waals surface area contributed by atoms with E-state index in [1.165, 1.54) is 0 Å². The van der Waals surface area contributed by atoms with E-state index >= 15 is 0 Å². The summed E-state index contributed by atoms with van der Waals surface area (Å²) in [5, 5.41) is 3.36. The van der Waals surface area contributed by atoms with Crippen LogP contribution < -0.4 is 5.32 Å². The van der Waals surface area contributed by atoms with Gasteiger partial charge in [-0.05, 0) is 37.1 Å². The minimum Gasteiger partial charge on any atom is -0.385 e. The number of carbonyl (C=O) groups excluding carboxylic acids is 1. The highest BCUT2D eigenvalue weighted by Crippen LogP contribution is 2.18. The summed E-state index contributed by atoms with van der Waals surface area (Å²) in [5.41, 5.74) is 2.99. The fourth-order valence-electron chi connectivity index (χ4n) is 2.20. The molecule has 0 bridgehead atoms. The average Bonchev–Trinajstić information content (AvgIpc) is 2.46.